The van der Waals surface area contributed by atoms with Crippen LogP contribution in [0.1, 0.15) is 12.2 Å². The summed E-state index contributed by atoms with van der Waals surface area (Å²) in [5.74, 6) is 0.673. The second kappa shape index (κ2) is 5.49. The zero-order valence-corrected chi connectivity index (χ0v) is 10.7. The zero-order valence-electron chi connectivity index (χ0n) is 9.85. The third kappa shape index (κ3) is 3.81. The van der Waals surface area contributed by atoms with Crippen LogP contribution in [0.2, 0.25) is 0 Å². The van der Waals surface area contributed by atoms with Crippen molar-refractivity contribution in [3.05, 3.63) is 18.2 Å². The van der Waals surface area contributed by atoms with Crippen molar-refractivity contribution in [1.29, 1.82) is 0 Å². The van der Waals surface area contributed by atoms with Crippen LogP contribution >= 0.6 is 0 Å². The number of rotatable bonds is 4. The first kappa shape index (κ1) is 13.0. The van der Waals surface area contributed by atoms with Gasteiger partial charge in [-0.25, -0.2) is 13.4 Å². The van der Waals surface area contributed by atoms with Gasteiger partial charge in [0.25, 0.3) is 0 Å². The topological polar surface area (TPSA) is 104 Å². The van der Waals surface area contributed by atoms with Crippen molar-refractivity contribution in [2.75, 3.05) is 18.1 Å². The summed E-state index contributed by atoms with van der Waals surface area (Å²) in [5.41, 5.74) is 0. The first-order valence-corrected chi connectivity index (χ1v) is 7.56. The fourth-order valence-corrected chi connectivity index (χ4v) is 3.32. The highest BCUT2D eigenvalue weighted by Crippen LogP contribution is 2.04. The number of H-pyrrole nitrogens is 1. The minimum Gasteiger partial charge on any atom is -0.349 e. The van der Waals surface area contributed by atoms with Gasteiger partial charge in [0.1, 0.15) is 5.82 Å². The van der Waals surface area contributed by atoms with E-state index in [1.807, 2.05) is 0 Å². The standard InChI is InChI=1S/C10H16N4O3S/c15-10(14-6-9-12-1-2-13-9)5-8-7-18(16,17)4-3-11-8/h1-2,8,11H,3-7H2,(H,12,13)(H,14,15). The Kier molecular flexibility index (Phi) is 3.97. The smallest absolute Gasteiger partial charge is 0.221 e. The van der Waals surface area contributed by atoms with Gasteiger partial charge in [-0.1, -0.05) is 0 Å². The Labute approximate surface area is 105 Å². The predicted octanol–water partition coefficient (Wildman–Crippen LogP) is -1.20. The Morgan fingerprint density at radius 1 is 1.56 bits per heavy atom. The van der Waals surface area contributed by atoms with Crippen LogP contribution in [0.3, 0.4) is 0 Å². The molecule has 0 bridgehead atoms. The molecule has 2 heterocycles. The van der Waals surface area contributed by atoms with Crippen LogP contribution in [0.5, 0.6) is 0 Å². The number of aromatic nitrogens is 2. The molecule has 0 radical (unpaired) electrons. The number of nitrogens with zero attached hydrogens (tertiary/aromatic N) is 1. The summed E-state index contributed by atoms with van der Waals surface area (Å²) in [6.45, 7) is 0.740. The molecule has 1 amide bonds. The Morgan fingerprint density at radius 3 is 3.06 bits per heavy atom. The minimum absolute atomic E-state index is 0.0289. The van der Waals surface area contributed by atoms with Gasteiger partial charge in [-0.15, -0.1) is 0 Å². The lowest BCUT2D eigenvalue weighted by Gasteiger charge is -2.22. The molecule has 1 aromatic heterocycles. The Bertz CT molecular complexity index is 497. The first-order chi connectivity index (χ1) is 8.55. The second-order valence-corrected chi connectivity index (χ2v) is 6.51. The molecule has 0 spiro atoms. The van der Waals surface area contributed by atoms with Crippen LogP contribution in [0.25, 0.3) is 0 Å². The quantitative estimate of drug-likeness (QED) is 0.639. The van der Waals surface area contributed by atoms with Gasteiger partial charge in [0.2, 0.25) is 5.91 Å². The molecule has 8 heteroatoms. The molecular weight excluding hydrogens is 256 g/mol. The maximum Gasteiger partial charge on any atom is 0.221 e. The molecule has 3 N–H and O–H groups in total. The number of nitrogens with one attached hydrogen (secondary N) is 3. The van der Waals surface area contributed by atoms with Crippen molar-refractivity contribution >= 4 is 15.7 Å². The number of hydrogen-bond acceptors (Lipinski definition) is 5. The molecular formula is C10H16N4O3S. The van der Waals surface area contributed by atoms with Gasteiger partial charge in [-0.2, -0.15) is 0 Å². The summed E-state index contributed by atoms with van der Waals surface area (Å²) < 4.78 is 22.8. The average molecular weight is 272 g/mol. The van der Waals surface area contributed by atoms with E-state index in [1.165, 1.54) is 0 Å². The third-order valence-corrected chi connectivity index (χ3v) is 4.48. The largest absolute Gasteiger partial charge is 0.349 e. The zero-order chi connectivity index (χ0) is 13.0. The Balaban J connectivity index is 1.77. The van der Waals surface area contributed by atoms with Crippen LogP contribution in [0.4, 0.5) is 0 Å². The Morgan fingerprint density at radius 2 is 2.39 bits per heavy atom. The predicted molar refractivity (Wildman–Crippen MR) is 65.5 cm³/mol. The highest BCUT2D eigenvalue weighted by atomic mass is 32.2. The average Bonchev–Trinajstić information content (AvgIpc) is 2.77. The van der Waals surface area contributed by atoms with Crippen molar-refractivity contribution < 1.29 is 13.2 Å². The number of aromatic amines is 1. The van der Waals surface area contributed by atoms with Crippen LogP contribution in [-0.2, 0) is 21.2 Å². The normalized spacial score (nSPS) is 22.6. The Hall–Kier alpha value is -1.41. The van der Waals surface area contributed by atoms with E-state index >= 15 is 0 Å². The van der Waals surface area contributed by atoms with Crippen LogP contribution < -0.4 is 10.6 Å². The van der Waals surface area contributed by atoms with E-state index < -0.39 is 9.84 Å². The van der Waals surface area contributed by atoms with Crippen molar-refractivity contribution in [1.82, 2.24) is 20.6 Å². The summed E-state index contributed by atoms with van der Waals surface area (Å²) in [7, 11) is -3.00. The molecule has 1 aliphatic rings. The lowest BCUT2D eigenvalue weighted by molar-refractivity contribution is -0.121. The maximum absolute atomic E-state index is 11.6. The fraction of sp³-hybridized carbons (Fsp3) is 0.600. The van der Waals surface area contributed by atoms with E-state index in [0.29, 0.717) is 18.9 Å². The van der Waals surface area contributed by atoms with Gasteiger partial charge in [0.05, 0.1) is 18.1 Å². The number of imidazole rings is 1. The van der Waals surface area contributed by atoms with E-state index in [2.05, 4.69) is 20.6 Å². The lowest BCUT2D eigenvalue weighted by atomic mass is 10.2. The summed E-state index contributed by atoms with van der Waals surface area (Å²) in [6.07, 6.45) is 3.45. The van der Waals surface area contributed by atoms with E-state index in [1.54, 1.807) is 12.4 Å². The van der Waals surface area contributed by atoms with E-state index in [9.17, 15) is 13.2 Å². The molecule has 18 heavy (non-hydrogen) atoms. The molecule has 1 aromatic rings. The van der Waals surface area contributed by atoms with Gasteiger partial charge in [-0.05, 0) is 0 Å². The summed E-state index contributed by atoms with van der Waals surface area (Å²) in [6, 6.07) is -0.291. The van der Waals surface area contributed by atoms with Crippen molar-refractivity contribution in [2.24, 2.45) is 0 Å². The van der Waals surface area contributed by atoms with Gasteiger partial charge in [0.15, 0.2) is 9.84 Å². The molecule has 1 atom stereocenters. The molecule has 1 unspecified atom stereocenters. The van der Waals surface area contributed by atoms with Gasteiger partial charge >= 0.3 is 0 Å². The van der Waals surface area contributed by atoms with E-state index in [4.69, 9.17) is 0 Å². The van der Waals surface area contributed by atoms with Crippen molar-refractivity contribution in [2.45, 2.75) is 19.0 Å². The highest BCUT2D eigenvalue weighted by Gasteiger charge is 2.25. The number of hydrogen-bond donors (Lipinski definition) is 3. The first-order valence-electron chi connectivity index (χ1n) is 5.74. The monoisotopic (exact) mass is 272 g/mol. The lowest BCUT2D eigenvalue weighted by Crippen LogP contribution is -2.47. The molecule has 2 rings (SSSR count). The summed E-state index contributed by atoms with van der Waals surface area (Å²) >= 11 is 0. The van der Waals surface area contributed by atoms with Gasteiger partial charge in [0, 0.05) is 31.4 Å². The number of carbonyl (C=O) groups excluding carboxylic acids is 1. The molecule has 1 fully saturated rings. The number of sulfone groups is 1. The molecule has 1 aliphatic heterocycles. The van der Waals surface area contributed by atoms with Gasteiger partial charge in [-0.3, -0.25) is 4.79 Å². The SMILES string of the molecule is O=C(CC1CS(=O)(=O)CCN1)NCc1ncc[nH]1. The summed E-state index contributed by atoms with van der Waals surface area (Å²) in [4.78, 5) is 18.5. The van der Waals surface area contributed by atoms with Gasteiger partial charge < -0.3 is 15.6 Å². The molecule has 1 saturated heterocycles. The molecule has 0 aliphatic carbocycles. The highest BCUT2D eigenvalue weighted by molar-refractivity contribution is 7.91. The van der Waals surface area contributed by atoms with Crippen molar-refractivity contribution in [3.63, 3.8) is 0 Å². The second-order valence-electron chi connectivity index (χ2n) is 4.28. The molecule has 0 saturated carbocycles. The minimum atomic E-state index is -3.00. The van der Waals surface area contributed by atoms with Crippen LogP contribution in [0.15, 0.2) is 12.4 Å². The molecule has 0 aromatic carbocycles. The third-order valence-electron chi connectivity index (χ3n) is 2.74. The van der Waals surface area contributed by atoms with Crippen LogP contribution in [-0.4, -0.2) is 48.4 Å². The van der Waals surface area contributed by atoms with E-state index in [-0.39, 0.29) is 29.9 Å². The molecule has 100 valence electrons. The van der Waals surface area contributed by atoms with Crippen molar-refractivity contribution in [3.8, 4) is 0 Å². The maximum atomic E-state index is 11.6. The number of amides is 1. The summed E-state index contributed by atoms with van der Waals surface area (Å²) in [5, 5.41) is 5.73. The molecule has 7 nitrogen and oxygen atoms in total. The van der Waals surface area contributed by atoms with E-state index in [0.717, 1.165) is 0 Å². The fourth-order valence-electron chi connectivity index (χ4n) is 1.87. The van der Waals surface area contributed by atoms with Crippen LogP contribution in [0, 0.1) is 0 Å². The number of carbonyl (C=O) groups is 1.